The fourth-order valence-electron chi connectivity index (χ4n) is 3.22. The standard InChI is InChI=1S/C11H18N4S.C6H6F2/c1-7-13-10-3-15(4-11(10)14-7)9-2-8(12)5-16-6-9;7-5-1-2-6(8)4-3-5/h8-9H,2-6,12H2,1H3,(H,13,14);1-3,6H,4H2/t8-,9?;/m0./s1. The van der Waals surface area contributed by atoms with E-state index in [-0.39, 0.29) is 12.2 Å². The van der Waals surface area contributed by atoms with Gasteiger partial charge in [-0.15, -0.1) is 0 Å². The van der Waals surface area contributed by atoms with Crippen molar-refractivity contribution in [3.63, 3.8) is 0 Å². The van der Waals surface area contributed by atoms with E-state index in [4.69, 9.17) is 5.73 Å². The Labute approximate surface area is 145 Å². The van der Waals surface area contributed by atoms with Crippen molar-refractivity contribution in [1.29, 1.82) is 0 Å². The van der Waals surface area contributed by atoms with Crippen molar-refractivity contribution in [2.24, 2.45) is 5.73 Å². The Kier molecular flexibility index (Phi) is 5.73. The summed E-state index contributed by atoms with van der Waals surface area (Å²) in [5.74, 6) is 3.04. The Morgan fingerprint density at radius 1 is 1.38 bits per heavy atom. The third-order valence-electron chi connectivity index (χ3n) is 4.43. The van der Waals surface area contributed by atoms with Gasteiger partial charge in [-0.1, -0.05) is 0 Å². The van der Waals surface area contributed by atoms with Gasteiger partial charge in [0.2, 0.25) is 0 Å². The monoisotopic (exact) mass is 354 g/mol. The van der Waals surface area contributed by atoms with E-state index in [1.165, 1.54) is 29.3 Å². The number of thioether (sulfide) groups is 1. The number of nitrogens with two attached hydrogens (primary N) is 1. The molecule has 1 fully saturated rings. The van der Waals surface area contributed by atoms with E-state index in [2.05, 4.69) is 14.9 Å². The van der Waals surface area contributed by atoms with Crippen molar-refractivity contribution in [1.82, 2.24) is 14.9 Å². The van der Waals surface area contributed by atoms with E-state index in [1.807, 2.05) is 18.7 Å². The second kappa shape index (κ2) is 7.80. The molecule has 24 heavy (non-hydrogen) atoms. The van der Waals surface area contributed by atoms with Gasteiger partial charge in [-0.05, 0) is 31.6 Å². The molecule has 0 saturated carbocycles. The molecule has 0 spiro atoms. The zero-order valence-electron chi connectivity index (χ0n) is 13.8. The van der Waals surface area contributed by atoms with Crippen LogP contribution in [0.15, 0.2) is 24.1 Å². The predicted octanol–water partition coefficient (Wildman–Crippen LogP) is 3.00. The number of aromatic nitrogens is 2. The summed E-state index contributed by atoms with van der Waals surface area (Å²) in [7, 11) is 0. The number of aromatic amines is 1. The third kappa shape index (κ3) is 4.46. The second-order valence-electron chi connectivity index (χ2n) is 6.54. The van der Waals surface area contributed by atoms with Gasteiger partial charge in [0.15, 0.2) is 0 Å². The molecule has 1 aromatic rings. The Morgan fingerprint density at radius 3 is 2.83 bits per heavy atom. The maximum atomic E-state index is 12.1. The molecule has 2 aliphatic heterocycles. The molecule has 0 aromatic carbocycles. The Balaban J connectivity index is 0.000000179. The summed E-state index contributed by atoms with van der Waals surface area (Å²) >= 11 is 1.99. The van der Waals surface area contributed by atoms with E-state index in [1.54, 1.807) is 0 Å². The molecular formula is C17H24F2N4S. The average molecular weight is 354 g/mol. The highest BCUT2D eigenvalue weighted by Crippen LogP contribution is 2.28. The smallest absolute Gasteiger partial charge is 0.122 e. The third-order valence-corrected chi connectivity index (χ3v) is 5.72. The van der Waals surface area contributed by atoms with Crippen LogP contribution in [0.3, 0.4) is 0 Å². The van der Waals surface area contributed by atoms with Gasteiger partial charge in [0.25, 0.3) is 0 Å². The molecule has 4 rings (SSSR count). The summed E-state index contributed by atoms with van der Waals surface area (Å²) in [6, 6.07) is 1.01. The summed E-state index contributed by atoms with van der Waals surface area (Å²) in [5.41, 5.74) is 8.57. The number of halogens is 2. The van der Waals surface area contributed by atoms with Crippen LogP contribution in [0.5, 0.6) is 0 Å². The largest absolute Gasteiger partial charge is 0.345 e. The number of H-pyrrole nitrogens is 1. The fraction of sp³-hybridized carbons (Fsp3) is 0.588. The number of rotatable bonds is 1. The van der Waals surface area contributed by atoms with Gasteiger partial charge >= 0.3 is 0 Å². The second-order valence-corrected chi connectivity index (χ2v) is 7.61. The molecule has 3 aliphatic rings. The maximum Gasteiger partial charge on any atom is 0.122 e. The van der Waals surface area contributed by atoms with Gasteiger partial charge in [0, 0.05) is 43.1 Å². The van der Waals surface area contributed by atoms with Gasteiger partial charge in [-0.2, -0.15) is 11.8 Å². The normalized spacial score (nSPS) is 29.7. The summed E-state index contributed by atoms with van der Waals surface area (Å²) in [4.78, 5) is 10.4. The van der Waals surface area contributed by atoms with Gasteiger partial charge in [-0.25, -0.2) is 13.8 Å². The van der Waals surface area contributed by atoms with Crippen molar-refractivity contribution in [2.45, 2.75) is 51.1 Å². The van der Waals surface area contributed by atoms with Crippen molar-refractivity contribution < 1.29 is 8.78 Å². The zero-order valence-corrected chi connectivity index (χ0v) is 14.7. The minimum atomic E-state index is -0.977. The predicted molar refractivity (Wildman–Crippen MR) is 94.1 cm³/mol. The van der Waals surface area contributed by atoms with Crippen LogP contribution in [0.2, 0.25) is 0 Å². The van der Waals surface area contributed by atoms with Crippen LogP contribution in [0.4, 0.5) is 8.78 Å². The van der Waals surface area contributed by atoms with Gasteiger partial charge in [0.1, 0.15) is 17.8 Å². The van der Waals surface area contributed by atoms with Crippen LogP contribution in [0.1, 0.15) is 30.1 Å². The molecule has 0 radical (unpaired) electrons. The zero-order chi connectivity index (χ0) is 17.1. The van der Waals surface area contributed by atoms with Gasteiger partial charge in [-0.3, -0.25) is 4.90 Å². The quantitative estimate of drug-likeness (QED) is 0.814. The highest BCUT2D eigenvalue weighted by atomic mass is 32.2. The fourth-order valence-corrected chi connectivity index (χ4v) is 4.42. The molecule has 3 N–H and O–H groups in total. The molecule has 2 unspecified atom stereocenters. The van der Waals surface area contributed by atoms with Crippen LogP contribution in [0.25, 0.3) is 0 Å². The number of nitrogens with one attached hydrogen (secondary N) is 1. The van der Waals surface area contributed by atoms with E-state index in [0.29, 0.717) is 12.1 Å². The van der Waals surface area contributed by atoms with Crippen molar-refractivity contribution in [3.05, 3.63) is 41.3 Å². The first-order chi connectivity index (χ1) is 11.5. The van der Waals surface area contributed by atoms with Crippen molar-refractivity contribution in [2.75, 3.05) is 11.5 Å². The highest BCUT2D eigenvalue weighted by Gasteiger charge is 2.31. The molecule has 1 aromatic heterocycles. The maximum absolute atomic E-state index is 12.1. The number of aryl methyl sites for hydroxylation is 1. The molecule has 1 aliphatic carbocycles. The molecule has 0 bridgehead atoms. The summed E-state index contributed by atoms with van der Waals surface area (Å²) in [5, 5.41) is 0. The molecule has 3 atom stereocenters. The number of fused-ring (bicyclic) bond motifs is 1. The first kappa shape index (κ1) is 17.6. The lowest BCUT2D eigenvalue weighted by Gasteiger charge is -2.33. The Morgan fingerprint density at radius 2 is 2.21 bits per heavy atom. The lowest BCUT2D eigenvalue weighted by atomic mass is 10.1. The van der Waals surface area contributed by atoms with Gasteiger partial charge < -0.3 is 10.7 Å². The molecular weight excluding hydrogens is 330 g/mol. The Bertz CT molecular complexity index is 605. The van der Waals surface area contributed by atoms with Crippen LogP contribution in [-0.4, -0.2) is 44.6 Å². The van der Waals surface area contributed by atoms with Crippen LogP contribution < -0.4 is 5.73 Å². The molecule has 7 heteroatoms. The number of allylic oxidation sites excluding steroid dienone is 4. The van der Waals surface area contributed by atoms with E-state index < -0.39 is 6.17 Å². The van der Waals surface area contributed by atoms with Crippen molar-refractivity contribution in [3.8, 4) is 0 Å². The topological polar surface area (TPSA) is 57.9 Å². The SMILES string of the molecule is Cc1nc2c([nH]1)CN(C1CSC[C@@H](N)C1)C2.FC1=CCC(F)C=C1. The van der Waals surface area contributed by atoms with Crippen molar-refractivity contribution >= 4 is 11.8 Å². The molecule has 3 heterocycles. The summed E-state index contributed by atoms with van der Waals surface area (Å²) in [6.45, 7) is 4.04. The van der Waals surface area contributed by atoms with E-state index in [0.717, 1.165) is 37.2 Å². The minimum Gasteiger partial charge on any atom is -0.345 e. The molecule has 0 amide bonds. The van der Waals surface area contributed by atoms with E-state index >= 15 is 0 Å². The first-order valence-corrected chi connectivity index (χ1v) is 9.46. The lowest BCUT2D eigenvalue weighted by Crippen LogP contribution is -2.43. The molecule has 132 valence electrons. The van der Waals surface area contributed by atoms with Crippen LogP contribution in [0, 0.1) is 6.92 Å². The van der Waals surface area contributed by atoms with E-state index in [9.17, 15) is 8.78 Å². The number of alkyl halides is 1. The number of hydrogen-bond acceptors (Lipinski definition) is 4. The minimum absolute atomic E-state index is 0.183. The molecule has 1 saturated heterocycles. The van der Waals surface area contributed by atoms with Crippen LogP contribution >= 0.6 is 11.8 Å². The van der Waals surface area contributed by atoms with Gasteiger partial charge in [0.05, 0.1) is 11.4 Å². The first-order valence-electron chi connectivity index (χ1n) is 8.31. The number of imidazole rings is 1. The van der Waals surface area contributed by atoms with Crippen LogP contribution in [-0.2, 0) is 13.1 Å². The number of nitrogens with zero attached hydrogens (tertiary/aromatic N) is 2. The average Bonchev–Trinajstić information content (AvgIpc) is 3.08. The molecule has 4 nitrogen and oxygen atoms in total. The number of hydrogen-bond donors (Lipinski definition) is 2. The summed E-state index contributed by atoms with van der Waals surface area (Å²) in [6.07, 6.45) is 3.95. The lowest BCUT2D eigenvalue weighted by molar-refractivity contribution is 0.194. The Hall–Kier alpha value is -1.18. The summed E-state index contributed by atoms with van der Waals surface area (Å²) < 4.78 is 24.0. The highest BCUT2D eigenvalue weighted by molar-refractivity contribution is 7.99.